The third-order valence-electron chi connectivity index (χ3n) is 3.96. The molecule has 0 heterocycles. The van der Waals surface area contributed by atoms with Crippen molar-refractivity contribution in [2.24, 2.45) is 0 Å². The maximum Gasteiger partial charge on any atom is 0.262 e. The van der Waals surface area contributed by atoms with Gasteiger partial charge in [0.05, 0.1) is 6.61 Å². The molecule has 0 spiro atoms. The molecule has 0 aliphatic carbocycles. The summed E-state index contributed by atoms with van der Waals surface area (Å²) in [4.78, 5) is 12.2. The summed E-state index contributed by atoms with van der Waals surface area (Å²) in [6, 6.07) is 15.2. The van der Waals surface area contributed by atoms with E-state index >= 15 is 0 Å². The Hall–Kier alpha value is -2.49. The Balaban J connectivity index is 1.88. The first-order valence-electron chi connectivity index (χ1n) is 9.15. The third kappa shape index (κ3) is 6.10. The van der Waals surface area contributed by atoms with Crippen molar-refractivity contribution in [3.8, 4) is 11.5 Å². The minimum atomic E-state index is -0.187. The molecule has 0 bridgehead atoms. The molecule has 1 N–H and O–H groups in total. The van der Waals surface area contributed by atoms with Crippen molar-refractivity contribution < 1.29 is 14.3 Å². The van der Waals surface area contributed by atoms with Gasteiger partial charge in [0.1, 0.15) is 11.5 Å². The summed E-state index contributed by atoms with van der Waals surface area (Å²) in [6.45, 7) is 9.19. The van der Waals surface area contributed by atoms with Crippen molar-refractivity contribution in [2.45, 2.75) is 46.0 Å². The molecule has 140 valence electrons. The summed E-state index contributed by atoms with van der Waals surface area (Å²) in [7, 11) is 0. The van der Waals surface area contributed by atoms with E-state index in [9.17, 15) is 4.79 Å². The zero-order valence-corrected chi connectivity index (χ0v) is 16.2. The van der Waals surface area contributed by atoms with Gasteiger partial charge < -0.3 is 14.8 Å². The lowest BCUT2D eigenvalue weighted by Gasteiger charge is -2.22. The van der Waals surface area contributed by atoms with E-state index in [2.05, 4.69) is 33.0 Å². The number of unbranched alkanes of at least 4 members (excludes halogenated alkanes) is 1. The molecule has 0 aromatic heterocycles. The monoisotopic (exact) mass is 355 g/mol. The van der Waals surface area contributed by atoms with Crippen LogP contribution in [0.15, 0.2) is 48.5 Å². The fourth-order valence-corrected chi connectivity index (χ4v) is 2.52. The second-order valence-corrected chi connectivity index (χ2v) is 7.31. The molecule has 2 aromatic rings. The summed E-state index contributed by atoms with van der Waals surface area (Å²) in [5, 5.41) is 2.85. The van der Waals surface area contributed by atoms with E-state index in [-0.39, 0.29) is 17.9 Å². The largest absolute Gasteiger partial charge is 0.494 e. The first kappa shape index (κ1) is 19.8. The summed E-state index contributed by atoms with van der Waals surface area (Å²) in [6.07, 6.45) is 2.14. The average molecular weight is 355 g/mol. The number of ether oxygens (including phenoxy) is 2. The lowest BCUT2D eigenvalue weighted by atomic mass is 9.86. The maximum atomic E-state index is 12.2. The molecule has 0 saturated carbocycles. The maximum absolute atomic E-state index is 12.2. The molecule has 1 amide bonds. The van der Waals surface area contributed by atoms with Crippen molar-refractivity contribution in [3.63, 3.8) is 0 Å². The number of hydrogen-bond donors (Lipinski definition) is 1. The van der Waals surface area contributed by atoms with Gasteiger partial charge >= 0.3 is 0 Å². The highest BCUT2D eigenvalue weighted by molar-refractivity contribution is 5.91. The molecule has 0 atom stereocenters. The molecule has 2 aromatic carbocycles. The van der Waals surface area contributed by atoms with Crippen LogP contribution in [0.3, 0.4) is 0 Å². The van der Waals surface area contributed by atoms with Gasteiger partial charge in [0.25, 0.3) is 5.91 Å². The van der Waals surface area contributed by atoms with Crippen LogP contribution in [0.2, 0.25) is 0 Å². The predicted octanol–water partition coefficient (Wildman–Crippen LogP) is 5.18. The van der Waals surface area contributed by atoms with Crippen LogP contribution in [-0.4, -0.2) is 19.1 Å². The highest BCUT2D eigenvalue weighted by Gasteiger charge is 2.18. The smallest absolute Gasteiger partial charge is 0.262 e. The first-order chi connectivity index (χ1) is 12.4. The molecule has 0 fully saturated rings. The van der Waals surface area contributed by atoms with Crippen LogP contribution >= 0.6 is 0 Å². The van der Waals surface area contributed by atoms with Gasteiger partial charge in [0.15, 0.2) is 6.61 Å². The molecule has 4 nitrogen and oxygen atoms in total. The number of hydrogen-bond acceptors (Lipinski definition) is 3. The molecule has 4 heteroatoms. The molecular formula is C22H29NO3. The van der Waals surface area contributed by atoms with Crippen LogP contribution in [0.1, 0.15) is 46.1 Å². The Morgan fingerprint density at radius 2 is 1.69 bits per heavy atom. The van der Waals surface area contributed by atoms with Gasteiger partial charge in [-0.25, -0.2) is 0 Å². The number of benzene rings is 2. The number of amides is 1. The fraction of sp³-hybridized carbons (Fsp3) is 0.409. The Morgan fingerprint density at radius 1 is 1.00 bits per heavy atom. The topological polar surface area (TPSA) is 47.6 Å². The third-order valence-corrected chi connectivity index (χ3v) is 3.96. The van der Waals surface area contributed by atoms with Gasteiger partial charge in [-0.1, -0.05) is 52.3 Å². The van der Waals surface area contributed by atoms with Crippen molar-refractivity contribution in [3.05, 3.63) is 54.1 Å². The summed E-state index contributed by atoms with van der Waals surface area (Å²) in [5.41, 5.74) is 1.77. The average Bonchev–Trinajstić information content (AvgIpc) is 2.61. The number of carbonyl (C=O) groups is 1. The Morgan fingerprint density at radius 3 is 2.35 bits per heavy atom. The molecule has 0 aliphatic rings. The molecule has 0 unspecified atom stereocenters. The SMILES string of the molecule is CCCCOc1ccc(NC(=O)COc2ccccc2C(C)(C)C)cc1. The molecular weight excluding hydrogens is 326 g/mol. The number of anilines is 1. The van der Waals surface area contributed by atoms with Crippen molar-refractivity contribution in [1.29, 1.82) is 0 Å². The highest BCUT2D eigenvalue weighted by Crippen LogP contribution is 2.30. The Kier molecular flexibility index (Phi) is 7.07. The minimum absolute atomic E-state index is 0.0259. The van der Waals surface area contributed by atoms with Gasteiger partial charge in [-0.3, -0.25) is 4.79 Å². The zero-order valence-electron chi connectivity index (χ0n) is 16.2. The number of para-hydroxylation sites is 1. The standard InChI is InChI=1S/C22H29NO3/c1-5-6-15-25-18-13-11-17(12-14-18)23-21(24)16-26-20-10-8-7-9-19(20)22(2,3)4/h7-14H,5-6,15-16H2,1-4H3,(H,23,24). The number of carbonyl (C=O) groups excluding carboxylic acids is 1. The van der Waals surface area contributed by atoms with E-state index in [1.165, 1.54) is 0 Å². The second-order valence-electron chi connectivity index (χ2n) is 7.31. The van der Waals surface area contributed by atoms with Crippen molar-refractivity contribution >= 4 is 11.6 Å². The predicted molar refractivity (Wildman–Crippen MR) is 106 cm³/mol. The lowest BCUT2D eigenvalue weighted by Crippen LogP contribution is -2.21. The van der Waals surface area contributed by atoms with E-state index in [1.807, 2.05) is 48.5 Å². The van der Waals surface area contributed by atoms with Gasteiger partial charge in [-0.2, -0.15) is 0 Å². The van der Waals surface area contributed by atoms with E-state index in [4.69, 9.17) is 9.47 Å². The van der Waals surface area contributed by atoms with Crippen LogP contribution in [0.4, 0.5) is 5.69 Å². The Bertz CT molecular complexity index is 702. The summed E-state index contributed by atoms with van der Waals surface area (Å²) < 4.78 is 11.4. The van der Waals surface area contributed by atoms with Crippen LogP contribution in [0, 0.1) is 0 Å². The van der Waals surface area contributed by atoms with E-state index in [1.54, 1.807) is 0 Å². The van der Waals surface area contributed by atoms with E-state index in [0.717, 1.165) is 35.6 Å². The second kappa shape index (κ2) is 9.27. The normalized spacial score (nSPS) is 11.1. The minimum Gasteiger partial charge on any atom is -0.494 e. The molecule has 0 aliphatic heterocycles. The quantitative estimate of drug-likeness (QED) is 0.664. The van der Waals surface area contributed by atoms with Crippen LogP contribution in [0.5, 0.6) is 11.5 Å². The van der Waals surface area contributed by atoms with Crippen molar-refractivity contribution in [1.82, 2.24) is 0 Å². The van der Waals surface area contributed by atoms with E-state index < -0.39 is 0 Å². The molecule has 0 saturated heterocycles. The fourth-order valence-electron chi connectivity index (χ4n) is 2.52. The molecule has 0 radical (unpaired) electrons. The Labute approximate surface area is 156 Å². The zero-order chi connectivity index (χ0) is 19.0. The number of rotatable bonds is 8. The van der Waals surface area contributed by atoms with Gasteiger partial charge in [0, 0.05) is 5.69 Å². The van der Waals surface area contributed by atoms with Gasteiger partial charge in [-0.15, -0.1) is 0 Å². The molecule has 26 heavy (non-hydrogen) atoms. The molecule has 2 rings (SSSR count). The summed E-state index contributed by atoms with van der Waals surface area (Å²) >= 11 is 0. The highest BCUT2D eigenvalue weighted by atomic mass is 16.5. The van der Waals surface area contributed by atoms with Crippen LogP contribution in [0.25, 0.3) is 0 Å². The van der Waals surface area contributed by atoms with Gasteiger partial charge in [-0.05, 0) is 47.7 Å². The van der Waals surface area contributed by atoms with Crippen LogP contribution in [-0.2, 0) is 10.2 Å². The number of nitrogens with one attached hydrogen (secondary N) is 1. The first-order valence-corrected chi connectivity index (χ1v) is 9.15. The van der Waals surface area contributed by atoms with E-state index in [0.29, 0.717) is 6.61 Å². The van der Waals surface area contributed by atoms with Crippen LogP contribution < -0.4 is 14.8 Å². The van der Waals surface area contributed by atoms with Gasteiger partial charge in [0.2, 0.25) is 0 Å². The lowest BCUT2D eigenvalue weighted by molar-refractivity contribution is -0.118. The summed E-state index contributed by atoms with van der Waals surface area (Å²) in [5.74, 6) is 1.37. The van der Waals surface area contributed by atoms with Crippen molar-refractivity contribution in [2.75, 3.05) is 18.5 Å².